The largest absolute Gasteiger partial charge is 0.310 e. The molecule has 0 saturated carbocycles. The highest BCUT2D eigenvalue weighted by molar-refractivity contribution is 6.21. The van der Waals surface area contributed by atoms with Crippen LogP contribution in [0.2, 0.25) is 0 Å². The third-order valence-corrected chi connectivity index (χ3v) is 13.2. The Morgan fingerprint density at radius 2 is 0.770 bits per heavy atom. The Morgan fingerprint density at radius 3 is 1.34 bits per heavy atom. The van der Waals surface area contributed by atoms with Gasteiger partial charge in [-0.2, -0.15) is 0 Å². The highest BCUT2D eigenvalue weighted by Gasteiger charge is 2.35. The van der Waals surface area contributed by atoms with Crippen molar-refractivity contribution in [2.24, 2.45) is 0 Å². The minimum Gasteiger partial charge on any atom is -0.310 e. The van der Waals surface area contributed by atoms with Gasteiger partial charge in [-0.05, 0) is 127 Å². The number of hydrogen-bond acceptors (Lipinski definition) is 1. The number of hydrogen-bond donors (Lipinski definition) is 0. The van der Waals surface area contributed by atoms with E-state index >= 15 is 0 Å². The number of para-hydroxylation sites is 2. The second-order valence-corrected chi connectivity index (χ2v) is 16.9. The molecule has 288 valence electrons. The smallest absolute Gasteiger partial charge is 0.0541 e. The molecule has 1 aromatic heterocycles. The van der Waals surface area contributed by atoms with Gasteiger partial charge in [0.25, 0.3) is 0 Å². The molecule has 2 heteroatoms. The molecule has 0 amide bonds. The predicted molar refractivity (Wildman–Crippen MR) is 259 cm³/mol. The molecule has 1 aliphatic rings. The quantitative estimate of drug-likeness (QED) is 0.153. The van der Waals surface area contributed by atoms with Crippen LogP contribution in [0.5, 0.6) is 0 Å². The maximum atomic E-state index is 2.42. The van der Waals surface area contributed by atoms with Gasteiger partial charge in [0.15, 0.2) is 0 Å². The van der Waals surface area contributed by atoms with E-state index in [0.717, 1.165) is 22.7 Å². The molecule has 0 unspecified atom stereocenters. The molecule has 0 fully saturated rings. The van der Waals surface area contributed by atoms with Crippen molar-refractivity contribution in [3.63, 3.8) is 0 Å². The molecule has 0 spiro atoms. The van der Waals surface area contributed by atoms with E-state index in [0.29, 0.717) is 0 Å². The first kappa shape index (κ1) is 35.3. The van der Waals surface area contributed by atoms with Crippen LogP contribution in [0.25, 0.3) is 82.4 Å². The number of fused-ring (bicyclic) bond motifs is 8. The van der Waals surface area contributed by atoms with Gasteiger partial charge in [-0.15, -0.1) is 0 Å². The van der Waals surface area contributed by atoms with Crippen molar-refractivity contribution in [3.8, 4) is 39.1 Å². The van der Waals surface area contributed by atoms with Gasteiger partial charge in [0.1, 0.15) is 0 Å². The van der Waals surface area contributed by atoms with E-state index in [1.54, 1.807) is 0 Å². The lowest BCUT2D eigenvalue weighted by molar-refractivity contribution is 0.660. The second-order valence-electron chi connectivity index (χ2n) is 16.9. The zero-order chi connectivity index (χ0) is 40.7. The zero-order valence-electron chi connectivity index (χ0n) is 34.2. The van der Waals surface area contributed by atoms with Gasteiger partial charge in [-0.25, -0.2) is 0 Å². The van der Waals surface area contributed by atoms with Crippen LogP contribution in [0.1, 0.15) is 25.0 Å². The summed E-state index contributed by atoms with van der Waals surface area (Å²) in [7, 11) is 0. The SMILES string of the molecule is CC1(C)c2ccccc2-c2ccc(N(c3ccc(-c4c5ccccc5c(-c5ccccc5)c5ccccc45)cc3)c3ccc(-n4c5ccccc5c5ccccc54)cc3)cc21. The summed E-state index contributed by atoms with van der Waals surface area (Å²) < 4.78 is 2.39. The second kappa shape index (κ2) is 13.7. The predicted octanol–water partition coefficient (Wildman–Crippen LogP) is 16.2. The van der Waals surface area contributed by atoms with E-state index in [1.807, 2.05) is 0 Å². The lowest BCUT2D eigenvalue weighted by Crippen LogP contribution is -2.16. The van der Waals surface area contributed by atoms with Crippen LogP contribution >= 0.6 is 0 Å². The first-order valence-electron chi connectivity index (χ1n) is 21.3. The van der Waals surface area contributed by atoms with Gasteiger partial charge in [0, 0.05) is 38.9 Å². The van der Waals surface area contributed by atoms with Crippen molar-refractivity contribution in [1.82, 2.24) is 4.57 Å². The first-order chi connectivity index (χ1) is 30.0. The molecule has 0 radical (unpaired) electrons. The third-order valence-electron chi connectivity index (χ3n) is 13.2. The number of aromatic nitrogens is 1. The molecule has 61 heavy (non-hydrogen) atoms. The lowest BCUT2D eigenvalue weighted by atomic mass is 9.82. The number of nitrogens with zero attached hydrogens (tertiary/aromatic N) is 2. The van der Waals surface area contributed by atoms with Gasteiger partial charge in [0.05, 0.1) is 11.0 Å². The fourth-order valence-corrected chi connectivity index (χ4v) is 10.4. The van der Waals surface area contributed by atoms with E-state index in [4.69, 9.17) is 0 Å². The van der Waals surface area contributed by atoms with Crippen molar-refractivity contribution in [2.75, 3.05) is 4.90 Å². The van der Waals surface area contributed by atoms with Gasteiger partial charge in [0.2, 0.25) is 0 Å². The van der Waals surface area contributed by atoms with E-state index in [-0.39, 0.29) is 5.41 Å². The standard InChI is InChI=1S/C59H42N2/c1-59(2)53-25-13-10-18-45(53)46-37-36-44(38-54(46)59)60(42-32-34-43(35-33-42)61-55-26-14-11-19-47(55)48-20-12-15-27-56(48)61)41-30-28-40(29-31-41)58-51-23-8-6-21-49(51)57(39-16-4-3-5-17-39)50-22-7-9-24-52(50)58/h3-38H,1-2H3. The Bertz CT molecular complexity index is 3370. The van der Waals surface area contributed by atoms with Crippen molar-refractivity contribution in [3.05, 3.63) is 230 Å². The molecule has 0 N–H and O–H groups in total. The topological polar surface area (TPSA) is 8.17 Å². The molecule has 2 nitrogen and oxygen atoms in total. The van der Waals surface area contributed by atoms with E-state index < -0.39 is 0 Å². The highest BCUT2D eigenvalue weighted by atomic mass is 15.1. The highest BCUT2D eigenvalue weighted by Crippen LogP contribution is 2.51. The fraction of sp³-hybridized carbons (Fsp3) is 0.0508. The van der Waals surface area contributed by atoms with Crippen LogP contribution in [0.15, 0.2) is 218 Å². The Morgan fingerprint density at radius 1 is 0.344 bits per heavy atom. The lowest BCUT2D eigenvalue weighted by Gasteiger charge is -2.28. The molecule has 0 atom stereocenters. The van der Waals surface area contributed by atoms with Crippen LogP contribution in [0.4, 0.5) is 17.1 Å². The van der Waals surface area contributed by atoms with Gasteiger partial charge in [-0.1, -0.05) is 172 Å². The van der Waals surface area contributed by atoms with Crippen LogP contribution in [-0.2, 0) is 5.41 Å². The zero-order valence-corrected chi connectivity index (χ0v) is 34.2. The summed E-state index contributed by atoms with van der Waals surface area (Å²) >= 11 is 0. The average Bonchev–Trinajstić information content (AvgIpc) is 3.77. The van der Waals surface area contributed by atoms with Crippen molar-refractivity contribution in [1.29, 1.82) is 0 Å². The minimum absolute atomic E-state index is 0.119. The summed E-state index contributed by atoms with van der Waals surface area (Å²) in [4.78, 5) is 2.42. The summed E-state index contributed by atoms with van der Waals surface area (Å²) in [6, 6.07) is 80.3. The summed E-state index contributed by atoms with van der Waals surface area (Å²) in [5.74, 6) is 0. The van der Waals surface area contributed by atoms with Gasteiger partial charge < -0.3 is 9.47 Å². The normalized spacial score (nSPS) is 12.9. The summed E-state index contributed by atoms with van der Waals surface area (Å²) in [6.45, 7) is 4.72. The number of rotatable bonds is 6. The summed E-state index contributed by atoms with van der Waals surface area (Å²) in [5, 5.41) is 7.56. The third kappa shape index (κ3) is 5.42. The molecule has 12 rings (SSSR count). The van der Waals surface area contributed by atoms with Gasteiger partial charge in [-0.3, -0.25) is 0 Å². The monoisotopic (exact) mass is 778 g/mol. The van der Waals surface area contributed by atoms with Crippen molar-refractivity contribution in [2.45, 2.75) is 19.3 Å². The first-order valence-corrected chi connectivity index (χ1v) is 21.3. The molecule has 0 bridgehead atoms. The Hall–Kier alpha value is -7.68. The fourth-order valence-electron chi connectivity index (χ4n) is 10.4. The molecular formula is C59H42N2. The number of benzene rings is 10. The molecular weight excluding hydrogens is 737 g/mol. The molecule has 11 aromatic rings. The van der Waals surface area contributed by atoms with Crippen LogP contribution in [-0.4, -0.2) is 4.57 Å². The Labute approximate surface area is 356 Å². The van der Waals surface area contributed by atoms with E-state index in [9.17, 15) is 0 Å². The van der Waals surface area contributed by atoms with Crippen LogP contribution in [0.3, 0.4) is 0 Å². The van der Waals surface area contributed by atoms with Crippen LogP contribution < -0.4 is 4.90 Å². The number of anilines is 3. The average molecular weight is 779 g/mol. The molecule has 10 aromatic carbocycles. The molecule has 1 aliphatic carbocycles. The van der Waals surface area contributed by atoms with E-state index in [1.165, 1.54) is 87.9 Å². The van der Waals surface area contributed by atoms with Crippen LogP contribution in [0, 0.1) is 0 Å². The molecule has 1 heterocycles. The minimum atomic E-state index is -0.119. The summed E-state index contributed by atoms with van der Waals surface area (Å²) in [6.07, 6.45) is 0. The van der Waals surface area contributed by atoms with Crippen molar-refractivity contribution >= 4 is 60.4 Å². The van der Waals surface area contributed by atoms with Gasteiger partial charge >= 0.3 is 0 Å². The van der Waals surface area contributed by atoms with Crippen molar-refractivity contribution < 1.29 is 0 Å². The van der Waals surface area contributed by atoms with E-state index in [2.05, 4.69) is 242 Å². The molecule has 0 aliphatic heterocycles. The molecule has 0 saturated heterocycles. The maximum Gasteiger partial charge on any atom is 0.0541 e. The maximum absolute atomic E-state index is 2.42. The summed E-state index contributed by atoms with van der Waals surface area (Å²) in [5.41, 5.74) is 17.1. The Kier molecular flexibility index (Phi) is 7.92. The Balaban J connectivity index is 1.02.